The van der Waals surface area contributed by atoms with Crippen LogP contribution in [0.3, 0.4) is 0 Å². The Morgan fingerprint density at radius 1 is 1.08 bits per heavy atom. The maximum Gasteiger partial charge on any atom is 0.293 e. The summed E-state index contributed by atoms with van der Waals surface area (Å²) in [6.45, 7) is 5.40. The van der Waals surface area contributed by atoms with Crippen LogP contribution < -0.4 is 10.0 Å². The van der Waals surface area contributed by atoms with Crippen LogP contribution in [0.2, 0.25) is 5.02 Å². The van der Waals surface area contributed by atoms with Gasteiger partial charge in [-0.25, -0.2) is 31.0 Å². The third kappa shape index (κ3) is 8.30. The minimum absolute atomic E-state index is 0.0279. The molecule has 0 bridgehead atoms. The molecule has 1 saturated heterocycles. The van der Waals surface area contributed by atoms with E-state index in [-0.39, 0.29) is 51.6 Å². The molecule has 4 atom stereocenters. The Morgan fingerprint density at radius 3 is 2.49 bits per heavy atom. The first kappa shape index (κ1) is 42.5. The van der Waals surface area contributed by atoms with Crippen molar-refractivity contribution in [1.29, 1.82) is 0 Å². The molecule has 1 aliphatic heterocycles. The molecular formula is C41H39ClF6N8O4S. The van der Waals surface area contributed by atoms with Gasteiger partial charge in [-0.3, -0.25) is 23.8 Å². The van der Waals surface area contributed by atoms with Gasteiger partial charge in [0.15, 0.2) is 5.82 Å². The van der Waals surface area contributed by atoms with Gasteiger partial charge in [-0.15, -0.1) is 0 Å². The summed E-state index contributed by atoms with van der Waals surface area (Å²) in [6, 6.07) is 7.86. The lowest BCUT2D eigenvalue weighted by Crippen LogP contribution is -2.49. The quantitative estimate of drug-likeness (QED) is 0.109. The summed E-state index contributed by atoms with van der Waals surface area (Å²) >= 11 is 6.64. The number of nitrogens with one attached hydrogen (secondary N) is 2. The molecule has 1 unspecified atom stereocenters. The molecule has 8 rings (SSSR count). The SMILES string of the molecule is CCN1CCO[C@](C)(C#Cc2ccc(-c3ccc(Cl)c4c(NS(C)(=O)=O)nn(C)c34)c(C(Cc3cc(F)cc(F)c3)NC(=O)Cn3nc(C(F)F)c4c3C(F)(F)[C@@H]3C[C@H]43)n2)C1. The Kier molecular flexibility index (Phi) is 10.9. The number of ether oxygens (including phenoxy) is 1. The highest BCUT2D eigenvalue weighted by Crippen LogP contribution is 2.68. The van der Waals surface area contributed by atoms with Gasteiger partial charge in [-0.2, -0.15) is 19.0 Å². The first-order valence-electron chi connectivity index (χ1n) is 19.3. The lowest BCUT2D eigenvalue weighted by molar-refractivity contribution is -0.123. The molecule has 2 aliphatic carbocycles. The fraction of sp³-hybridized carbons (Fsp3) is 0.415. The second kappa shape index (κ2) is 15.6. The molecule has 0 radical (unpaired) electrons. The number of hydrogen-bond donors (Lipinski definition) is 2. The maximum atomic E-state index is 15.5. The summed E-state index contributed by atoms with van der Waals surface area (Å²) in [5, 5.41) is 11.3. The number of benzene rings is 2. The Labute approximate surface area is 351 Å². The van der Waals surface area contributed by atoms with Gasteiger partial charge < -0.3 is 10.1 Å². The van der Waals surface area contributed by atoms with Gasteiger partial charge in [0.2, 0.25) is 15.9 Å². The van der Waals surface area contributed by atoms with Crippen LogP contribution in [0.5, 0.6) is 0 Å². The highest BCUT2D eigenvalue weighted by Gasteiger charge is 2.67. The van der Waals surface area contributed by atoms with Gasteiger partial charge in [0.05, 0.1) is 40.5 Å². The summed E-state index contributed by atoms with van der Waals surface area (Å²) in [7, 11) is -2.28. The van der Waals surface area contributed by atoms with Crippen LogP contribution in [-0.4, -0.2) is 81.9 Å². The largest absolute Gasteiger partial charge is 0.360 e. The number of alkyl halides is 4. The number of rotatable bonds is 11. The van der Waals surface area contributed by atoms with E-state index in [0.29, 0.717) is 40.5 Å². The average Bonchev–Trinajstić information content (AvgIpc) is 3.72. The van der Waals surface area contributed by atoms with E-state index in [0.717, 1.165) is 31.5 Å². The summed E-state index contributed by atoms with van der Waals surface area (Å²) in [5.74, 6) is -2.08. The van der Waals surface area contributed by atoms with Gasteiger partial charge in [0, 0.05) is 48.8 Å². The zero-order chi connectivity index (χ0) is 43.8. The smallest absolute Gasteiger partial charge is 0.293 e. The van der Waals surface area contributed by atoms with Crippen LogP contribution in [0.1, 0.15) is 72.6 Å². The number of morpholine rings is 1. The topological polar surface area (TPSA) is 136 Å². The number of fused-ring (bicyclic) bond motifs is 4. The standard InChI is InChI=1S/C41H39ClF6N8O4S/c1-5-55-12-13-60-40(2,20-55)11-10-24-6-7-25(26-8-9-29(42)33-36(26)54(3)52-39(33)53-61(4,58)59)34(49-24)30(16-21-14-22(43)17-23(44)15-21)50-31(57)19-56-37-32(35(51-56)38(45)46)27-18-28(27)41(37,47)48/h6-9,14-15,17,27-28,30,38H,5,12-13,16,18-20H2,1-4H3,(H,50,57)(H,52,53)/t27-,28+,30?,40+/m0/s1. The minimum atomic E-state index is -3.83. The normalized spacial score (nSPS) is 21.2. The van der Waals surface area contributed by atoms with Gasteiger partial charge in [0.1, 0.15) is 40.9 Å². The van der Waals surface area contributed by atoms with Crippen molar-refractivity contribution >= 4 is 44.3 Å². The number of aromatic nitrogens is 5. The van der Waals surface area contributed by atoms with Crippen molar-refractivity contribution in [3.05, 3.63) is 93.0 Å². The number of hydrogen-bond acceptors (Lipinski definition) is 8. The third-order valence-corrected chi connectivity index (χ3v) is 12.1. The summed E-state index contributed by atoms with van der Waals surface area (Å²) in [4.78, 5) is 21.2. The van der Waals surface area contributed by atoms with E-state index in [1.165, 1.54) is 10.7 Å². The van der Waals surface area contributed by atoms with Crippen LogP contribution in [-0.2, 0) is 45.5 Å². The average molecular weight is 889 g/mol. The van der Waals surface area contributed by atoms with E-state index >= 15 is 8.78 Å². The van der Waals surface area contributed by atoms with E-state index in [1.54, 1.807) is 25.2 Å². The second-order valence-corrected chi connectivity index (χ2v) is 17.9. The Hall–Kier alpha value is -5.16. The fourth-order valence-electron chi connectivity index (χ4n) is 8.51. The number of carbonyl (C=O) groups excluding carboxylic acids is 1. The molecule has 0 spiro atoms. The highest BCUT2D eigenvalue weighted by molar-refractivity contribution is 7.92. The fourth-order valence-corrected chi connectivity index (χ4v) is 9.24. The van der Waals surface area contributed by atoms with Crippen LogP contribution in [0.25, 0.3) is 22.0 Å². The molecule has 5 aromatic rings. The number of sulfonamides is 1. The number of aryl methyl sites for hydroxylation is 1. The third-order valence-electron chi connectivity index (χ3n) is 11.2. The van der Waals surface area contributed by atoms with Crippen LogP contribution >= 0.6 is 11.6 Å². The lowest BCUT2D eigenvalue weighted by atomic mass is 9.93. The number of nitrogens with zero attached hydrogens (tertiary/aromatic N) is 6. The zero-order valence-electron chi connectivity index (χ0n) is 33.2. The summed E-state index contributed by atoms with van der Waals surface area (Å²) < 4.78 is 124. The first-order valence-corrected chi connectivity index (χ1v) is 21.6. The lowest BCUT2D eigenvalue weighted by Gasteiger charge is -2.36. The van der Waals surface area contributed by atoms with Crippen molar-refractivity contribution in [3.8, 4) is 23.0 Å². The molecule has 1 amide bonds. The maximum absolute atomic E-state index is 15.5. The van der Waals surface area contributed by atoms with Crippen molar-refractivity contribution in [2.45, 2.75) is 63.1 Å². The number of pyridine rings is 1. The van der Waals surface area contributed by atoms with Gasteiger partial charge in [-0.05, 0) is 74.0 Å². The van der Waals surface area contributed by atoms with Crippen LogP contribution in [0.15, 0.2) is 42.5 Å². The Morgan fingerprint density at radius 2 is 1.80 bits per heavy atom. The predicted molar refractivity (Wildman–Crippen MR) is 214 cm³/mol. The number of likely N-dealkylation sites (N-methyl/N-ethyl adjacent to an activating group) is 1. The minimum Gasteiger partial charge on any atom is -0.360 e. The van der Waals surface area contributed by atoms with Gasteiger partial charge >= 0.3 is 0 Å². The molecule has 20 heteroatoms. The Balaban J connectivity index is 1.27. The number of anilines is 1. The van der Waals surface area contributed by atoms with E-state index in [2.05, 4.69) is 37.0 Å². The van der Waals surface area contributed by atoms with E-state index < -0.39 is 81.3 Å². The van der Waals surface area contributed by atoms with E-state index in [1.807, 2.05) is 13.8 Å². The van der Waals surface area contributed by atoms with Gasteiger partial charge in [0.25, 0.3) is 12.3 Å². The number of halogens is 7. The molecule has 1 saturated carbocycles. The monoisotopic (exact) mass is 888 g/mol. The van der Waals surface area contributed by atoms with Crippen molar-refractivity contribution < 1.29 is 44.3 Å². The molecule has 2 fully saturated rings. The molecular weight excluding hydrogens is 850 g/mol. The van der Waals surface area contributed by atoms with Gasteiger partial charge in [-0.1, -0.05) is 30.5 Å². The molecule has 322 valence electrons. The van der Waals surface area contributed by atoms with E-state index in [9.17, 15) is 30.8 Å². The molecule has 61 heavy (non-hydrogen) atoms. The summed E-state index contributed by atoms with van der Waals surface area (Å²) in [6.07, 6.45) is -2.50. The molecule has 2 aromatic carbocycles. The Bertz CT molecular complexity index is 2750. The van der Waals surface area contributed by atoms with E-state index in [4.69, 9.17) is 21.3 Å². The molecule has 4 heterocycles. The zero-order valence-corrected chi connectivity index (χ0v) is 34.7. The number of carbonyl (C=O) groups is 1. The van der Waals surface area contributed by atoms with Crippen molar-refractivity contribution in [1.82, 2.24) is 34.8 Å². The summed E-state index contributed by atoms with van der Waals surface area (Å²) in [5.41, 5.74) is -1.29. The molecule has 2 N–H and O–H groups in total. The molecule has 3 aromatic heterocycles. The first-order chi connectivity index (χ1) is 28.7. The predicted octanol–water partition coefficient (Wildman–Crippen LogP) is 6.84. The second-order valence-electron chi connectivity index (χ2n) is 15.8. The molecule has 3 aliphatic rings. The molecule has 12 nitrogen and oxygen atoms in total. The van der Waals surface area contributed by atoms with Crippen LogP contribution in [0, 0.1) is 29.4 Å². The van der Waals surface area contributed by atoms with Crippen molar-refractivity contribution in [2.24, 2.45) is 13.0 Å². The number of amides is 1. The van der Waals surface area contributed by atoms with Crippen molar-refractivity contribution in [2.75, 3.05) is 37.2 Å². The highest BCUT2D eigenvalue weighted by atomic mass is 35.5. The van der Waals surface area contributed by atoms with Crippen LogP contribution in [0.4, 0.5) is 32.2 Å². The van der Waals surface area contributed by atoms with Crippen molar-refractivity contribution in [3.63, 3.8) is 0 Å².